The van der Waals surface area contributed by atoms with E-state index in [0.29, 0.717) is 0 Å². The van der Waals surface area contributed by atoms with Crippen LogP contribution in [0.4, 0.5) is 0 Å². The van der Waals surface area contributed by atoms with Gasteiger partial charge in [-0.3, -0.25) is 4.68 Å². The van der Waals surface area contributed by atoms with Gasteiger partial charge in [0.2, 0.25) is 0 Å². The molecule has 0 radical (unpaired) electrons. The van der Waals surface area contributed by atoms with Crippen molar-refractivity contribution in [3.63, 3.8) is 0 Å². The Bertz CT molecular complexity index is 344. The Morgan fingerprint density at radius 2 is 2.53 bits per heavy atom. The van der Waals surface area contributed by atoms with Crippen LogP contribution in [0.5, 0.6) is 0 Å². The number of hydrogen-bond acceptors (Lipinski definition) is 4. The van der Waals surface area contributed by atoms with Crippen LogP contribution in [0.15, 0.2) is 24.5 Å². The highest BCUT2D eigenvalue weighted by Gasteiger charge is 1.96. The third kappa shape index (κ3) is 3.84. The van der Waals surface area contributed by atoms with Crippen LogP contribution in [0.1, 0.15) is 5.69 Å². The zero-order valence-corrected chi connectivity index (χ0v) is 8.93. The summed E-state index contributed by atoms with van der Waals surface area (Å²) < 4.78 is 6.27. The fourth-order valence-corrected chi connectivity index (χ4v) is 1.13. The van der Waals surface area contributed by atoms with E-state index in [-0.39, 0.29) is 5.97 Å². The third-order valence-electron chi connectivity index (χ3n) is 1.99. The molecular weight excluding hydrogens is 194 g/mol. The van der Waals surface area contributed by atoms with Crippen molar-refractivity contribution in [1.82, 2.24) is 15.1 Å². The highest BCUT2D eigenvalue weighted by molar-refractivity contribution is 5.81. The average molecular weight is 209 g/mol. The monoisotopic (exact) mass is 209 g/mol. The Morgan fingerprint density at radius 3 is 3.13 bits per heavy atom. The van der Waals surface area contributed by atoms with Crippen molar-refractivity contribution in [2.75, 3.05) is 13.7 Å². The lowest BCUT2D eigenvalue weighted by molar-refractivity contribution is -0.134. The second kappa shape index (κ2) is 5.85. The zero-order chi connectivity index (χ0) is 11.1. The lowest BCUT2D eigenvalue weighted by Gasteiger charge is -2.01. The number of aryl methyl sites for hydroxylation is 1. The molecule has 0 aliphatic carbocycles. The summed E-state index contributed by atoms with van der Waals surface area (Å²) in [5.41, 5.74) is 1.15. The molecule has 0 aromatic carbocycles. The van der Waals surface area contributed by atoms with Crippen LogP contribution in [-0.4, -0.2) is 29.4 Å². The second-order valence-corrected chi connectivity index (χ2v) is 3.01. The minimum Gasteiger partial charge on any atom is -0.466 e. The number of rotatable bonds is 5. The van der Waals surface area contributed by atoms with E-state index in [4.69, 9.17) is 0 Å². The molecule has 5 nitrogen and oxygen atoms in total. The normalized spacial score (nSPS) is 10.5. The lowest BCUT2D eigenvalue weighted by Crippen LogP contribution is -2.12. The van der Waals surface area contributed by atoms with E-state index in [1.54, 1.807) is 12.4 Å². The molecule has 1 aromatic rings. The van der Waals surface area contributed by atoms with E-state index in [0.717, 1.165) is 18.7 Å². The van der Waals surface area contributed by atoms with Gasteiger partial charge in [-0.05, 0) is 6.07 Å². The molecule has 15 heavy (non-hydrogen) atoms. The summed E-state index contributed by atoms with van der Waals surface area (Å²) in [7, 11) is 3.25. The van der Waals surface area contributed by atoms with Gasteiger partial charge in [0.05, 0.1) is 7.11 Å². The Kier molecular flexibility index (Phi) is 4.40. The number of nitrogens with one attached hydrogen (secondary N) is 1. The van der Waals surface area contributed by atoms with Crippen LogP contribution < -0.4 is 5.32 Å². The van der Waals surface area contributed by atoms with E-state index in [2.05, 4.69) is 15.2 Å². The van der Waals surface area contributed by atoms with Crippen molar-refractivity contribution < 1.29 is 9.53 Å². The van der Waals surface area contributed by atoms with Crippen molar-refractivity contribution in [3.8, 4) is 0 Å². The van der Waals surface area contributed by atoms with Crippen molar-refractivity contribution in [1.29, 1.82) is 0 Å². The van der Waals surface area contributed by atoms with Gasteiger partial charge >= 0.3 is 5.97 Å². The maximum atomic E-state index is 10.7. The molecular formula is C10H15N3O2. The number of hydrogen-bond donors (Lipinski definition) is 1. The standard InChI is InChI=1S/C10H15N3O2/c1-13-9(4-8-12-13)3-6-11-7-5-10(14)15-2/h4-5,7-8,11H,3,6H2,1-2H3/b7-5+. The Morgan fingerprint density at radius 1 is 1.73 bits per heavy atom. The molecule has 0 aliphatic rings. The predicted molar refractivity (Wildman–Crippen MR) is 56.1 cm³/mol. The van der Waals surface area contributed by atoms with Crippen molar-refractivity contribution in [2.24, 2.45) is 7.05 Å². The van der Waals surface area contributed by atoms with Crippen LogP contribution in [0.25, 0.3) is 0 Å². The SMILES string of the molecule is COC(=O)/C=C/NCCc1ccnn1C. The molecule has 0 aliphatic heterocycles. The van der Waals surface area contributed by atoms with Crippen LogP contribution in [-0.2, 0) is 23.0 Å². The van der Waals surface area contributed by atoms with E-state index < -0.39 is 0 Å². The molecule has 1 aromatic heterocycles. The fraction of sp³-hybridized carbons (Fsp3) is 0.400. The van der Waals surface area contributed by atoms with Crippen molar-refractivity contribution in [2.45, 2.75) is 6.42 Å². The molecule has 1 N–H and O–H groups in total. The zero-order valence-electron chi connectivity index (χ0n) is 8.93. The summed E-state index contributed by atoms with van der Waals surface area (Å²) in [5.74, 6) is -0.358. The largest absolute Gasteiger partial charge is 0.466 e. The quantitative estimate of drug-likeness (QED) is 0.429. The second-order valence-electron chi connectivity index (χ2n) is 3.01. The summed E-state index contributed by atoms with van der Waals surface area (Å²) in [4.78, 5) is 10.7. The van der Waals surface area contributed by atoms with E-state index in [1.807, 2.05) is 17.8 Å². The smallest absolute Gasteiger partial charge is 0.331 e. The summed E-state index contributed by atoms with van der Waals surface area (Å²) in [6.07, 6.45) is 5.56. The molecule has 0 unspecified atom stereocenters. The highest BCUT2D eigenvalue weighted by atomic mass is 16.5. The molecule has 0 fully saturated rings. The Balaban J connectivity index is 2.20. The number of nitrogens with zero attached hydrogens (tertiary/aromatic N) is 2. The summed E-state index contributed by atoms with van der Waals surface area (Å²) in [5, 5.41) is 7.05. The van der Waals surface area contributed by atoms with Gasteiger partial charge in [-0.1, -0.05) is 0 Å². The van der Waals surface area contributed by atoms with Gasteiger partial charge in [-0.25, -0.2) is 4.79 Å². The molecule has 82 valence electrons. The molecule has 1 heterocycles. The molecule has 0 saturated carbocycles. The molecule has 0 atom stereocenters. The predicted octanol–water partition coefficient (Wildman–Crippen LogP) is 0.239. The average Bonchev–Trinajstić information content (AvgIpc) is 2.63. The van der Waals surface area contributed by atoms with E-state index >= 15 is 0 Å². The first-order chi connectivity index (χ1) is 7.24. The number of methoxy groups -OCH3 is 1. The fourth-order valence-electron chi connectivity index (χ4n) is 1.13. The van der Waals surface area contributed by atoms with Gasteiger partial charge in [0.1, 0.15) is 0 Å². The minimum atomic E-state index is -0.358. The van der Waals surface area contributed by atoms with Gasteiger partial charge in [-0.2, -0.15) is 5.10 Å². The maximum absolute atomic E-state index is 10.7. The van der Waals surface area contributed by atoms with Crippen molar-refractivity contribution >= 4 is 5.97 Å². The Hall–Kier alpha value is -1.78. The summed E-state index contributed by atoms with van der Waals surface area (Å²) in [6.45, 7) is 0.757. The number of aromatic nitrogens is 2. The molecule has 5 heteroatoms. The van der Waals surface area contributed by atoms with Gasteiger partial charge in [0, 0.05) is 44.2 Å². The topological polar surface area (TPSA) is 56.1 Å². The van der Waals surface area contributed by atoms with E-state index in [1.165, 1.54) is 13.2 Å². The van der Waals surface area contributed by atoms with Gasteiger partial charge in [-0.15, -0.1) is 0 Å². The first-order valence-corrected chi connectivity index (χ1v) is 4.69. The lowest BCUT2D eigenvalue weighted by atomic mass is 10.3. The highest BCUT2D eigenvalue weighted by Crippen LogP contribution is 1.95. The van der Waals surface area contributed by atoms with Crippen LogP contribution in [0, 0.1) is 0 Å². The van der Waals surface area contributed by atoms with Gasteiger partial charge in [0.25, 0.3) is 0 Å². The number of esters is 1. The number of carbonyl (C=O) groups excluding carboxylic acids is 1. The first kappa shape index (κ1) is 11.3. The summed E-state index contributed by atoms with van der Waals surface area (Å²) in [6, 6.07) is 1.96. The van der Waals surface area contributed by atoms with Crippen molar-refractivity contribution in [3.05, 3.63) is 30.2 Å². The molecule has 0 amide bonds. The molecule has 0 spiro atoms. The van der Waals surface area contributed by atoms with E-state index in [9.17, 15) is 4.79 Å². The van der Waals surface area contributed by atoms with Crippen LogP contribution >= 0.6 is 0 Å². The van der Waals surface area contributed by atoms with Crippen LogP contribution in [0.3, 0.4) is 0 Å². The number of carbonyl (C=O) groups is 1. The molecule has 0 saturated heterocycles. The molecule has 1 rings (SSSR count). The van der Waals surface area contributed by atoms with Gasteiger partial charge < -0.3 is 10.1 Å². The molecule has 0 bridgehead atoms. The Labute approximate surface area is 88.7 Å². The maximum Gasteiger partial charge on any atom is 0.331 e. The van der Waals surface area contributed by atoms with Gasteiger partial charge in [0.15, 0.2) is 0 Å². The summed E-state index contributed by atoms with van der Waals surface area (Å²) >= 11 is 0. The van der Waals surface area contributed by atoms with Crippen LogP contribution in [0.2, 0.25) is 0 Å². The minimum absolute atomic E-state index is 0.358. The third-order valence-corrected chi connectivity index (χ3v) is 1.99. The first-order valence-electron chi connectivity index (χ1n) is 4.69. The number of ether oxygens (including phenoxy) is 1.